The molecule has 342 valence electrons. The molecule has 8 atom stereocenters. The van der Waals surface area contributed by atoms with Crippen molar-refractivity contribution in [2.24, 2.45) is 23.1 Å². The van der Waals surface area contributed by atoms with Crippen LogP contribution in [0.2, 0.25) is 0 Å². The van der Waals surface area contributed by atoms with Gasteiger partial charge in [0, 0.05) is 13.5 Å². The predicted molar refractivity (Wildman–Crippen MR) is 214 cm³/mol. The molecule has 0 bridgehead atoms. The highest BCUT2D eigenvalue weighted by Gasteiger charge is 2.34. The molecule has 1 aliphatic heterocycles. The topological polar surface area (TPSA) is 406 Å². The number of rotatable bonds is 14. The van der Waals surface area contributed by atoms with Gasteiger partial charge < -0.3 is 79.7 Å². The van der Waals surface area contributed by atoms with Crippen LogP contribution in [-0.4, -0.2) is 156 Å². The third-order valence-electron chi connectivity index (χ3n) is 9.13. The predicted octanol–water partition coefficient (Wildman–Crippen LogP) is -6.91. The molecular weight excluding hydrogens is 806 g/mol. The Morgan fingerprint density at radius 3 is 1.84 bits per heavy atom. The summed E-state index contributed by atoms with van der Waals surface area (Å²) in [4.78, 5) is 124. The van der Waals surface area contributed by atoms with Gasteiger partial charge in [0.15, 0.2) is 11.6 Å². The molecule has 1 aliphatic rings. The molecule has 9 amide bonds. The number of aliphatic hydroxyl groups excluding tert-OH is 2. The average Bonchev–Trinajstić information content (AvgIpc) is 3.64. The first-order chi connectivity index (χ1) is 28.8. The van der Waals surface area contributed by atoms with Gasteiger partial charge in [-0.15, -0.1) is 0 Å². The Morgan fingerprint density at radius 2 is 1.33 bits per heavy atom. The standard InChI is InChI=1S/C36H61N13O12/c1-17(2)13-24-33(57)46-21(6-10-38)30(54)45-22(7-11-39)32(56)49-28(18(3)51)36(60)40-12-8-23(31(55)44-20(5-9-37)29(53)41-14-27(52)43-24)47-34(58)25(15-50)48-35(59)26-16-61-19(4)42-26/h16-18,20-25,28,50-51H,5-15,37-39H2,1-4H3,(H,40,60)(H,41,53)(H,43,52)(H,44,55)(H,45,54)(H,46,57)(H,47,58)(H,48,59)(H,49,56)/t18-,20+,21+,22+,23+,24+,25-,28+/m1/s1. The second kappa shape index (κ2) is 25.8. The number of carbonyl (C=O) groups is 9. The number of amides is 9. The molecule has 17 N–H and O–H groups in total. The normalized spacial score (nSPS) is 24.1. The van der Waals surface area contributed by atoms with E-state index in [2.05, 4.69) is 52.8 Å². The fourth-order valence-corrected chi connectivity index (χ4v) is 5.91. The Kier molecular flexibility index (Phi) is 21.7. The van der Waals surface area contributed by atoms with Crippen LogP contribution in [0.3, 0.4) is 0 Å². The highest BCUT2D eigenvalue weighted by atomic mass is 16.3. The van der Waals surface area contributed by atoms with Crippen LogP contribution in [0.5, 0.6) is 0 Å². The van der Waals surface area contributed by atoms with Crippen molar-refractivity contribution in [1.82, 2.24) is 52.8 Å². The molecule has 0 aromatic carbocycles. The molecule has 0 aliphatic carbocycles. The monoisotopic (exact) mass is 867 g/mol. The van der Waals surface area contributed by atoms with E-state index in [4.69, 9.17) is 21.6 Å². The van der Waals surface area contributed by atoms with E-state index >= 15 is 0 Å². The molecule has 1 aromatic rings. The number of carbonyl (C=O) groups excluding carboxylic acids is 9. The molecular formula is C36H61N13O12. The zero-order chi connectivity index (χ0) is 45.8. The molecule has 2 heterocycles. The summed E-state index contributed by atoms with van der Waals surface area (Å²) in [5.41, 5.74) is 17.0. The van der Waals surface area contributed by atoms with E-state index in [1.807, 2.05) is 0 Å². The lowest BCUT2D eigenvalue weighted by Crippen LogP contribution is -2.60. The summed E-state index contributed by atoms with van der Waals surface area (Å²) in [6.07, 6.45) is -1.17. The molecule has 1 fully saturated rings. The number of aromatic nitrogens is 1. The van der Waals surface area contributed by atoms with Crippen molar-refractivity contribution < 1.29 is 57.8 Å². The van der Waals surface area contributed by atoms with Crippen molar-refractivity contribution in [1.29, 1.82) is 0 Å². The summed E-state index contributed by atoms with van der Waals surface area (Å²) >= 11 is 0. The van der Waals surface area contributed by atoms with Crippen LogP contribution in [-0.2, 0) is 38.4 Å². The number of aryl methyl sites for hydroxylation is 1. The zero-order valence-corrected chi connectivity index (χ0v) is 34.7. The average molecular weight is 868 g/mol. The van der Waals surface area contributed by atoms with Crippen LogP contribution in [0.1, 0.15) is 69.3 Å². The lowest BCUT2D eigenvalue weighted by molar-refractivity contribution is -0.135. The van der Waals surface area contributed by atoms with Gasteiger partial charge >= 0.3 is 0 Å². The van der Waals surface area contributed by atoms with Crippen LogP contribution < -0.4 is 65.1 Å². The number of oxazole rings is 1. The second-order valence-electron chi connectivity index (χ2n) is 14.7. The smallest absolute Gasteiger partial charge is 0.273 e. The van der Waals surface area contributed by atoms with E-state index in [-0.39, 0.29) is 62.8 Å². The van der Waals surface area contributed by atoms with Crippen molar-refractivity contribution in [2.75, 3.05) is 39.3 Å². The molecule has 0 radical (unpaired) electrons. The highest BCUT2D eigenvalue weighted by Crippen LogP contribution is 2.08. The summed E-state index contributed by atoms with van der Waals surface area (Å²) < 4.78 is 5.01. The van der Waals surface area contributed by atoms with Crippen molar-refractivity contribution in [3.05, 3.63) is 17.8 Å². The minimum atomic E-state index is -1.63. The molecule has 0 saturated carbocycles. The van der Waals surface area contributed by atoms with E-state index in [1.165, 1.54) is 13.8 Å². The largest absolute Gasteiger partial charge is 0.448 e. The van der Waals surface area contributed by atoms with Gasteiger partial charge in [-0.2, -0.15) is 0 Å². The molecule has 2 rings (SSSR count). The second-order valence-corrected chi connectivity index (χ2v) is 14.7. The summed E-state index contributed by atoms with van der Waals surface area (Å²) in [6, 6.07) is -10.1. The first-order valence-electron chi connectivity index (χ1n) is 19.8. The number of hydrogen-bond acceptors (Lipinski definition) is 16. The minimum Gasteiger partial charge on any atom is -0.448 e. The SMILES string of the molecule is Cc1nc(C(=O)N[C@H](CO)C(=O)N[C@H]2CCNC(=O)[C@H]([C@@H](C)O)NC(=O)[C@H](CCN)NC(=O)[C@H](CCN)NC(=O)[C@H](CC(C)C)NC(=O)CNC(=O)[C@H](CCN)NC2=O)co1. The van der Waals surface area contributed by atoms with E-state index in [1.54, 1.807) is 13.8 Å². The van der Waals surface area contributed by atoms with E-state index in [9.17, 15) is 53.4 Å². The maximum atomic E-state index is 13.8. The fourth-order valence-electron chi connectivity index (χ4n) is 5.91. The minimum absolute atomic E-state index is 0.0726. The van der Waals surface area contributed by atoms with Gasteiger partial charge in [-0.25, -0.2) is 4.98 Å². The first kappa shape index (κ1) is 51.4. The van der Waals surface area contributed by atoms with Crippen molar-refractivity contribution in [3.8, 4) is 0 Å². The van der Waals surface area contributed by atoms with Gasteiger partial charge in [-0.1, -0.05) is 13.8 Å². The lowest BCUT2D eigenvalue weighted by Gasteiger charge is -2.27. The molecule has 61 heavy (non-hydrogen) atoms. The summed E-state index contributed by atoms with van der Waals surface area (Å²) in [5, 5.41) is 42.3. The van der Waals surface area contributed by atoms with Crippen LogP contribution in [0.15, 0.2) is 10.7 Å². The Hall–Kier alpha value is -5.76. The Morgan fingerprint density at radius 1 is 0.787 bits per heavy atom. The zero-order valence-electron chi connectivity index (χ0n) is 34.7. The number of hydrogen-bond donors (Lipinski definition) is 14. The summed E-state index contributed by atoms with van der Waals surface area (Å²) in [7, 11) is 0. The molecule has 1 saturated heterocycles. The molecule has 25 nitrogen and oxygen atoms in total. The third-order valence-corrected chi connectivity index (χ3v) is 9.13. The highest BCUT2D eigenvalue weighted by molar-refractivity contribution is 5.99. The molecule has 25 heteroatoms. The van der Waals surface area contributed by atoms with Gasteiger partial charge in [0.2, 0.25) is 47.3 Å². The van der Waals surface area contributed by atoms with Gasteiger partial charge in [-0.05, 0) is 64.6 Å². The van der Waals surface area contributed by atoms with Crippen LogP contribution in [0.4, 0.5) is 0 Å². The van der Waals surface area contributed by atoms with Gasteiger partial charge in [0.1, 0.15) is 48.6 Å². The van der Waals surface area contributed by atoms with Crippen LogP contribution in [0.25, 0.3) is 0 Å². The Labute approximate surface area is 351 Å². The Balaban J connectivity index is 2.52. The van der Waals surface area contributed by atoms with E-state index in [0.717, 1.165) is 6.26 Å². The Bertz CT molecular complexity index is 1690. The van der Waals surface area contributed by atoms with Crippen molar-refractivity contribution in [2.45, 2.75) is 108 Å². The molecule has 0 unspecified atom stereocenters. The van der Waals surface area contributed by atoms with Crippen molar-refractivity contribution in [3.63, 3.8) is 0 Å². The van der Waals surface area contributed by atoms with Crippen LogP contribution >= 0.6 is 0 Å². The van der Waals surface area contributed by atoms with E-state index < -0.39 is 128 Å². The summed E-state index contributed by atoms with van der Waals surface area (Å²) in [6.45, 7) is 3.91. The number of nitrogens with two attached hydrogens (primary N) is 3. The van der Waals surface area contributed by atoms with Gasteiger partial charge in [0.05, 0.1) is 19.3 Å². The fraction of sp³-hybridized carbons (Fsp3) is 0.667. The lowest BCUT2D eigenvalue weighted by atomic mass is 10.0. The molecule has 1 aromatic heterocycles. The maximum absolute atomic E-state index is 13.8. The van der Waals surface area contributed by atoms with E-state index in [0.29, 0.717) is 0 Å². The third kappa shape index (κ3) is 17.0. The number of aliphatic hydroxyl groups is 2. The maximum Gasteiger partial charge on any atom is 0.273 e. The first-order valence-corrected chi connectivity index (χ1v) is 19.8. The van der Waals surface area contributed by atoms with Gasteiger partial charge in [0.25, 0.3) is 5.91 Å². The molecule has 0 spiro atoms. The van der Waals surface area contributed by atoms with Crippen molar-refractivity contribution >= 4 is 53.2 Å². The number of nitrogens with zero attached hydrogens (tertiary/aromatic N) is 1. The summed E-state index contributed by atoms with van der Waals surface area (Å²) in [5.74, 6) is -8.11. The van der Waals surface area contributed by atoms with Crippen LogP contribution in [0, 0.1) is 12.8 Å². The van der Waals surface area contributed by atoms with Gasteiger partial charge in [-0.3, -0.25) is 43.2 Å². The quantitative estimate of drug-likeness (QED) is 0.0826. The number of nitrogens with one attached hydrogen (secondary N) is 9.